The number of ether oxygens (including phenoxy) is 2. The summed E-state index contributed by atoms with van der Waals surface area (Å²) in [6.07, 6.45) is -3.23. The van der Waals surface area contributed by atoms with E-state index in [0.717, 1.165) is 44.8 Å². The first-order chi connectivity index (χ1) is 14.9. The fourth-order valence-electron chi connectivity index (χ4n) is 5.07. The second-order valence-electron chi connectivity index (χ2n) is 9.13. The Morgan fingerprint density at radius 2 is 1.77 bits per heavy atom. The van der Waals surface area contributed by atoms with Crippen molar-refractivity contribution in [1.82, 2.24) is 9.80 Å². The van der Waals surface area contributed by atoms with Crippen LogP contribution in [0.15, 0.2) is 24.3 Å². The molecule has 1 aromatic carbocycles. The second-order valence-corrected chi connectivity index (χ2v) is 9.13. The number of piperidine rings is 2. The number of halogens is 4. The molecular weight excluding hydrogens is 412 g/mol. The summed E-state index contributed by atoms with van der Waals surface area (Å²) < 4.78 is 61.0. The maximum Gasteiger partial charge on any atom is 0.461 e. The van der Waals surface area contributed by atoms with Gasteiger partial charge in [-0.1, -0.05) is 18.6 Å². The second kappa shape index (κ2) is 10.0. The molecule has 1 aromatic rings. The molecule has 0 amide bonds. The Morgan fingerprint density at radius 3 is 2.48 bits per heavy atom. The molecule has 0 bridgehead atoms. The van der Waals surface area contributed by atoms with Crippen molar-refractivity contribution in [2.75, 3.05) is 45.9 Å². The lowest BCUT2D eigenvalue weighted by Gasteiger charge is -2.26. The molecular formula is C23H32F4N2O2. The van der Waals surface area contributed by atoms with Gasteiger partial charge >= 0.3 is 12.5 Å². The van der Waals surface area contributed by atoms with Gasteiger partial charge in [0.2, 0.25) is 0 Å². The van der Waals surface area contributed by atoms with Crippen LogP contribution in [-0.4, -0.2) is 68.3 Å². The van der Waals surface area contributed by atoms with E-state index >= 15 is 0 Å². The van der Waals surface area contributed by atoms with Gasteiger partial charge in [-0.25, -0.2) is 0 Å². The van der Waals surface area contributed by atoms with Crippen LogP contribution < -0.4 is 4.74 Å². The molecule has 0 radical (unpaired) electrons. The van der Waals surface area contributed by atoms with Crippen LogP contribution in [0.2, 0.25) is 0 Å². The summed E-state index contributed by atoms with van der Waals surface area (Å²) in [7, 11) is 0. The van der Waals surface area contributed by atoms with Gasteiger partial charge in [0.05, 0.1) is 6.61 Å². The summed E-state index contributed by atoms with van der Waals surface area (Å²) in [5.74, 6) is 1.68. The van der Waals surface area contributed by atoms with E-state index in [1.807, 2.05) is 0 Å². The van der Waals surface area contributed by atoms with Gasteiger partial charge in [0.25, 0.3) is 0 Å². The van der Waals surface area contributed by atoms with Crippen molar-refractivity contribution >= 4 is 0 Å². The van der Waals surface area contributed by atoms with Crippen LogP contribution >= 0.6 is 0 Å². The van der Waals surface area contributed by atoms with E-state index < -0.39 is 12.5 Å². The average Bonchev–Trinajstić information content (AvgIpc) is 3.19. The minimum Gasteiger partial charge on any atom is -0.428 e. The Morgan fingerprint density at radius 1 is 1.03 bits per heavy atom. The first kappa shape index (κ1) is 22.8. The van der Waals surface area contributed by atoms with Crippen LogP contribution in [-0.2, 0) is 11.3 Å². The molecule has 3 fully saturated rings. The predicted octanol–water partition coefficient (Wildman–Crippen LogP) is 4.49. The number of likely N-dealkylation sites (tertiary alicyclic amines) is 2. The van der Waals surface area contributed by atoms with E-state index in [1.54, 1.807) is 12.1 Å². The van der Waals surface area contributed by atoms with E-state index in [4.69, 9.17) is 4.74 Å². The summed E-state index contributed by atoms with van der Waals surface area (Å²) in [5.41, 5.74) is 0.786. The lowest BCUT2D eigenvalue weighted by atomic mass is 10.1. The number of benzene rings is 1. The molecule has 4 nitrogen and oxygen atoms in total. The highest BCUT2D eigenvalue weighted by Gasteiger charge is 2.55. The molecule has 0 spiro atoms. The number of alkyl halides is 4. The van der Waals surface area contributed by atoms with Crippen LogP contribution in [0.1, 0.15) is 31.2 Å². The monoisotopic (exact) mass is 444 g/mol. The first-order valence-electron chi connectivity index (χ1n) is 11.4. The van der Waals surface area contributed by atoms with Crippen molar-refractivity contribution < 1.29 is 27.0 Å². The summed E-state index contributed by atoms with van der Waals surface area (Å²) in [6.45, 7) is 7.78. The Kier molecular flexibility index (Phi) is 7.39. The molecule has 2 atom stereocenters. The number of nitrogens with zero attached hydrogens (tertiary/aromatic N) is 2. The van der Waals surface area contributed by atoms with Crippen molar-refractivity contribution in [3.8, 4) is 5.75 Å². The van der Waals surface area contributed by atoms with Gasteiger partial charge in [-0.3, -0.25) is 4.90 Å². The van der Waals surface area contributed by atoms with Crippen molar-refractivity contribution in [2.24, 2.45) is 17.8 Å². The molecule has 2 saturated heterocycles. The topological polar surface area (TPSA) is 24.9 Å². The Balaban J connectivity index is 1.12. The first-order valence-corrected chi connectivity index (χ1v) is 11.4. The highest BCUT2D eigenvalue weighted by atomic mass is 19.3. The standard InChI is InChI=1S/C23H32F4N2O2/c24-22(25)23(26,27)31-18-7-4-6-17(12-18)13-29-14-19-20(15-29)21(19)16-30-11-5-10-28-8-2-1-3-9-28/h4,6-7,12,19-22H,1-3,5,8-11,13-16H2. The maximum atomic E-state index is 13.1. The highest BCUT2D eigenvalue weighted by molar-refractivity contribution is 5.29. The molecule has 8 heteroatoms. The fraction of sp³-hybridized carbons (Fsp3) is 0.739. The summed E-state index contributed by atoms with van der Waals surface area (Å²) >= 11 is 0. The van der Waals surface area contributed by atoms with Gasteiger partial charge in [0.15, 0.2) is 0 Å². The third-order valence-corrected chi connectivity index (χ3v) is 6.78. The van der Waals surface area contributed by atoms with Crippen LogP contribution in [0.3, 0.4) is 0 Å². The van der Waals surface area contributed by atoms with E-state index in [2.05, 4.69) is 14.5 Å². The molecule has 4 rings (SSSR count). The Bertz CT molecular complexity index is 703. The quantitative estimate of drug-likeness (QED) is 0.371. The molecule has 31 heavy (non-hydrogen) atoms. The van der Waals surface area contributed by atoms with E-state index in [1.165, 1.54) is 44.5 Å². The zero-order valence-corrected chi connectivity index (χ0v) is 17.8. The molecule has 174 valence electrons. The molecule has 0 aromatic heterocycles. The summed E-state index contributed by atoms with van der Waals surface area (Å²) in [4.78, 5) is 4.82. The van der Waals surface area contributed by atoms with Crippen molar-refractivity contribution in [2.45, 2.75) is 44.8 Å². The molecule has 2 aliphatic heterocycles. The van der Waals surface area contributed by atoms with Crippen LogP contribution in [0.5, 0.6) is 5.75 Å². The molecule has 3 aliphatic rings. The predicted molar refractivity (Wildman–Crippen MR) is 109 cm³/mol. The SMILES string of the molecule is FC(F)C(F)(F)Oc1cccc(CN2CC3C(COCCCN4CCCCC4)C3C2)c1. The zero-order valence-electron chi connectivity index (χ0n) is 17.8. The molecule has 0 N–H and O–H groups in total. The lowest BCUT2D eigenvalue weighted by Crippen LogP contribution is -2.33. The Hall–Kier alpha value is -1.38. The largest absolute Gasteiger partial charge is 0.461 e. The van der Waals surface area contributed by atoms with Gasteiger partial charge < -0.3 is 14.4 Å². The lowest BCUT2D eigenvalue weighted by molar-refractivity contribution is -0.253. The van der Waals surface area contributed by atoms with E-state index in [9.17, 15) is 17.6 Å². The van der Waals surface area contributed by atoms with E-state index in [0.29, 0.717) is 24.3 Å². The van der Waals surface area contributed by atoms with Gasteiger partial charge in [-0.05, 0) is 67.8 Å². The average molecular weight is 445 g/mol. The van der Waals surface area contributed by atoms with Gasteiger partial charge in [0.1, 0.15) is 5.75 Å². The molecule has 2 unspecified atom stereocenters. The van der Waals surface area contributed by atoms with Crippen molar-refractivity contribution in [1.29, 1.82) is 0 Å². The minimum atomic E-state index is -4.48. The molecule has 1 aliphatic carbocycles. The van der Waals surface area contributed by atoms with Crippen molar-refractivity contribution in [3.05, 3.63) is 29.8 Å². The van der Waals surface area contributed by atoms with Crippen LogP contribution in [0, 0.1) is 17.8 Å². The van der Waals surface area contributed by atoms with Crippen LogP contribution in [0.25, 0.3) is 0 Å². The van der Waals surface area contributed by atoms with Crippen molar-refractivity contribution in [3.63, 3.8) is 0 Å². The van der Waals surface area contributed by atoms with Gasteiger partial charge in [-0.2, -0.15) is 17.6 Å². The number of hydrogen-bond donors (Lipinski definition) is 0. The van der Waals surface area contributed by atoms with Gasteiger partial charge in [-0.15, -0.1) is 0 Å². The maximum absolute atomic E-state index is 13.1. The number of hydrogen-bond acceptors (Lipinski definition) is 4. The summed E-state index contributed by atoms with van der Waals surface area (Å²) in [6, 6.07) is 6.06. The van der Waals surface area contributed by atoms with Crippen LogP contribution in [0.4, 0.5) is 17.6 Å². The highest BCUT2D eigenvalue weighted by Crippen LogP contribution is 2.52. The summed E-state index contributed by atoms with van der Waals surface area (Å²) in [5, 5.41) is 0. The third kappa shape index (κ3) is 6.11. The van der Waals surface area contributed by atoms with E-state index in [-0.39, 0.29) is 5.75 Å². The Labute approximate surface area is 181 Å². The fourth-order valence-corrected chi connectivity index (χ4v) is 5.07. The minimum absolute atomic E-state index is 0.233. The van der Waals surface area contributed by atoms with Gasteiger partial charge in [0, 0.05) is 32.8 Å². The molecule has 2 heterocycles. The normalized spacial score (nSPS) is 26.9. The zero-order chi connectivity index (χ0) is 21.8. The number of fused-ring (bicyclic) bond motifs is 1. The number of rotatable bonds is 11. The molecule has 1 saturated carbocycles. The smallest absolute Gasteiger partial charge is 0.428 e. The third-order valence-electron chi connectivity index (χ3n) is 6.78.